The zero-order valence-electron chi connectivity index (χ0n) is 15.8. The summed E-state index contributed by atoms with van der Waals surface area (Å²) in [5.41, 5.74) is 2.81. The molecule has 0 aliphatic carbocycles. The van der Waals surface area contributed by atoms with Crippen LogP contribution in [0.25, 0.3) is 11.3 Å². The summed E-state index contributed by atoms with van der Waals surface area (Å²) < 4.78 is 44.1. The van der Waals surface area contributed by atoms with Crippen molar-refractivity contribution in [1.29, 1.82) is 0 Å². The maximum atomic E-state index is 12.8. The van der Waals surface area contributed by atoms with Crippen LogP contribution in [0.4, 0.5) is 13.2 Å². The van der Waals surface area contributed by atoms with Gasteiger partial charge in [-0.3, -0.25) is 5.10 Å². The summed E-state index contributed by atoms with van der Waals surface area (Å²) in [5, 5.41) is 10.9. The van der Waals surface area contributed by atoms with Crippen molar-refractivity contribution in [2.45, 2.75) is 31.5 Å². The summed E-state index contributed by atoms with van der Waals surface area (Å²) in [6.07, 6.45) is -2.15. The van der Waals surface area contributed by atoms with Crippen LogP contribution in [0.15, 0.2) is 54.6 Å². The van der Waals surface area contributed by atoms with Gasteiger partial charge in [0.2, 0.25) is 0 Å². The first-order valence-electron chi connectivity index (χ1n) is 9.64. The van der Waals surface area contributed by atoms with Crippen molar-refractivity contribution >= 4 is 0 Å². The summed E-state index contributed by atoms with van der Waals surface area (Å²) in [5.74, 6) is 1.10. The first-order chi connectivity index (χ1) is 14.0. The molecule has 3 aromatic rings. The summed E-state index contributed by atoms with van der Waals surface area (Å²) >= 11 is 0. The predicted molar refractivity (Wildman–Crippen MR) is 105 cm³/mol. The first kappa shape index (κ1) is 19.5. The molecule has 0 saturated carbocycles. The molecule has 29 heavy (non-hydrogen) atoms. The van der Waals surface area contributed by atoms with Gasteiger partial charge in [0.1, 0.15) is 12.4 Å². The fourth-order valence-corrected chi connectivity index (χ4v) is 3.55. The largest absolute Gasteiger partial charge is 0.489 e. The molecule has 2 aromatic carbocycles. The van der Waals surface area contributed by atoms with E-state index in [1.54, 1.807) is 6.07 Å². The molecular weight excluding hydrogens is 379 g/mol. The van der Waals surface area contributed by atoms with E-state index in [1.807, 2.05) is 24.3 Å². The number of rotatable bonds is 5. The molecule has 1 saturated heterocycles. The average Bonchev–Trinajstić information content (AvgIpc) is 3.23. The Balaban J connectivity index is 1.39. The van der Waals surface area contributed by atoms with E-state index in [0.717, 1.165) is 55.0 Å². The Bertz CT molecular complexity index is 944. The zero-order valence-corrected chi connectivity index (χ0v) is 15.8. The van der Waals surface area contributed by atoms with Crippen molar-refractivity contribution in [2.24, 2.45) is 0 Å². The monoisotopic (exact) mass is 401 g/mol. The summed E-state index contributed by atoms with van der Waals surface area (Å²) in [6.45, 7) is 2.12. The lowest BCUT2D eigenvalue weighted by Crippen LogP contribution is -2.26. The quantitative estimate of drug-likeness (QED) is 0.622. The van der Waals surface area contributed by atoms with Gasteiger partial charge in [-0.15, -0.1) is 0 Å². The maximum Gasteiger partial charge on any atom is 0.416 e. The van der Waals surface area contributed by atoms with E-state index in [4.69, 9.17) is 4.74 Å². The number of piperidine rings is 1. The molecule has 2 N–H and O–H groups in total. The Kier molecular flexibility index (Phi) is 5.58. The number of ether oxygens (including phenoxy) is 1. The minimum atomic E-state index is -4.35. The number of hydrogen-bond acceptors (Lipinski definition) is 3. The lowest BCUT2D eigenvalue weighted by atomic mass is 9.94. The Morgan fingerprint density at radius 3 is 2.48 bits per heavy atom. The van der Waals surface area contributed by atoms with Gasteiger partial charge in [0.05, 0.1) is 11.3 Å². The van der Waals surface area contributed by atoms with Crippen molar-refractivity contribution < 1.29 is 17.9 Å². The molecule has 0 bridgehead atoms. The minimum absolute atomic E-state index is 0.0749. The van der Waals surface area contributed by atoms with Gasteiger partial charge in [-0.05, 0) is 74.0 Å². The van der Waals surface area contributed by atoms with E-state index in [0.29, 0.717) is 17.2 Å². The second-order valence-corrected chi connectivity index (χ2v) is 7.24. The van der Waals surface area contributed by atoms with Crippen LogP contribution < -0.4 is 10.1 Å². The molecule has 0 spiro atoms. The number of nitrogens with one attached hydrogen (secondary N) is 2. The Morgan fingerprint density at radius 1 is 1.00 bits per heavy atom. The highest BCUT2D eigenvalue weighted by atomic mass is 19.4. The second kappa shape index (κ2) is 8.29. The van der Waals surface area contributed by atoms with E-state index in [-0.39, 0.29) is 6.61 Å². The molecule has 1 aliphatic rings. The molecule has 152 valence electrons. The number of alkyl halides is 3. The molecule has 1 fully saturated rings. The molecular formula is C22H22F3N3O. The van der Waals surface area contributed by atoms with Crippen molar-refractivity contribution in [1.82, 2.24) is 15.5 Å². The summed E-state index contributed by atoms with van der Waals surface area (Å²) in [6, 6.07) is 14.7. The Morgan fingerprint density at radius 2 is 1.76 bits per heavy atom. The number of halogens is 3. The normalized spacial score (nSPS) is 15.4. The van der Waals surface area contributed by atoms with Crippen LogP contribution >= 0.6 is 0 Å². The van der Waals surface area contributed by atoms with Crippen LogP contribution in [-0.2, 0) is 12.8 Å². The fourth-order valence-electron chi connectivity index (χ4n) is 3.55. The van der Waals surface area contributed by atoms with Gasteiger partial charge in [-0.1, -0.05) is 12.1 Å². The average molecular weight is 401 g/mol. The standard InChI is InChI=1S/C22H22F3N3O/c23-22(24,25)18-3-1-2-15(12-18)14-29-19-6-4-16(5-7-19)20-13-21(28-27-20)17-8-10-26-11-9-17/h1-7,12-13,17,26H,8-11,14H2,(H,27,28). The van der Waals surface area contributed by atoms with E-state index in [1.165, 1.54) is 6.07 Å². The SMILES string of the molecule is FC(F)(F)c1cccc(COc2ccc(-c3cc(C4CCNCC4)[nH]n3)cc2)c1. The highest BCUT2D eigenvalue weighted by Gasteiger charge is 2.30. The molecule has 0 unspecified atom stereocenters. The molecule has 0 radical (unpaired) electrons. The van der Waals surface area contributed by atoms with Crippen molar-refractivity contribution in [2.75, 3.05) is 13.1 Å². The maximum absolute atomic E-state index is 12.8. The minimum Gasteiger partial charge on any atom is -0.489 e. The van der Waals surface area contributed by atoms with Gasteiger partial charge in [-0.25, -0.2) is 0 Å². The number of aromatic amines is 1. The van der Waals surface area contributed by atoms with Crippen LogP contribution in [0.5, 0.6) is 5.75 Å². The molecule has 0 atom stereocenters. The highest BCUT2D eigenvalue weighted by molar-refractivity contribution is 5.60. The molecule has 2 heterocycles. The van der Waals surface area contributed by atoms with E-state index < -0.39 is 11.7 Å². The Hall–Kier alpha value is -2.80. The van der Waals surface area contributed by atoms with Crippen molar-refractivity contribution in [3.05, 3.63) is 71.4 Å². The first-order valence-corrected chi connectivity index (χ1v) is 9.64. The number of aromatic nitrogens is 2. The molecule has 1 aromatic heterocycles. The van der Waals surface area contributed by atoms with Gasteiger partial charge in [-0.2, -0.15) is 18.3 Å². The van der Waals surface area contributed by atoms with Gasteiger partial charge >= 0.3 is 6.18 Å². The van der Waals surface area contributed by atoms with Gasteiger partial charge < -0.3 is 10.1 Å². The highest BCUT2D eigenvalue weighted by Crippen LogP contribution is 2.30. The van der Waals surface area contributed by atoms with Crippen molar-refractivity contribution in [3.8, 4) is 17.0 Å². The third-order valence-electron chi connectivity index (χ3n) is 5.19. The fraction of sp³-hybridized carbons (Fsp3) is 0.318. The zero-order chi connectivity index (χ0) is 20.3. The van der Waals surface area contributed by atoms with Gasteiger partial charge in [0.15, 0.2) is 0 Å². The van der Waals surface area contributed by atoms with Gasteiger partial charge in [0, 0.05) is 17.2 Å². The van der Waals surface area contributed by atoms with Crippen LogP contribution in [0.3, 0.4) is 0 Å². The van der Waals surface area contributed by atoms with Crippen molar-refractivity contribution in [3.63, 3.8) is 0 Å². The lowest BCUT2D eigenvalue weighted by molar-refractivity contribution is -0.137. The van der Waals surface area contributed by atoms with E-state index in [2.05, 4.69) is 21.6 Å². The number of benzene rings is 2. The third-order valence-corrected chi connectivity index (χ3v) is 5.19. The number of nitrogens with zero attached hydrogens (tertiary/aromatic N) is 1. The third kappa shape index (κ3) is 4.79. The van der Waals surface area contributed by atoms with E-state index >= 15 is 0 Å². The summed E-state index contributed by atoms with van der Waals surface area (Å²) in [4.78, 5) is 0. The van der Waals surface area contributed by atoms with Gasteiger partial charge in [0.25, 0.3) is 0 Å². The molecule has 0 amide bonds. The number of H-pyrrole nitrogens is 1. The molecule has 1 aliphatic heterocycles. The predicted octanol–water partition coefficient (Wildman–Crippen LogP) is 5.14. The molecule has 7 heteroatoms. The smallest absolute Gasteiger partial charge is 0.416 e. The Labute approximate surface area is 167 Å². The van der Waals surface area contributed by atoms with Crippen LogP contribution in [-0.4, -0.2) is 23.3 Å². The number of hydrogen-bond donors (Lipinski definition) is 2. The molecule has 4 rings (SSSR count). The summed E-state index contributed by atoms with van der Waals surface area (Å²) in [7, 11) is 0. The van der Waals surface area contributed by atoms with Crippen LogP contribution in [0.2, 0.25) is 0 Å². The van der Waals surface area contributed by atoms with Crippen LogP contribution in [0, 0.1) is 0 Å². The second-order valence-electron chi connectivity index (χ2n) is 7.24. The topological polar surface area (TPSA) is 49.9 Å². The lowest BCUT2D eigenvalue weighted by Gasteiger charge is -2.20. The van der Waals surface area contributed by atoms with E-state index in [9.17, 15) is 13.2 Å². The molecule has 4 nitrogen and oxygen atoms in total. The van der Waals surface area contributed by atoms with Crippen LogP contribution in [0.1, 0.15) is 35.6 Å².